The van der Waals surface area contributed by atoms with E-state index in [1.807, 2.05) is 0 Å². The number of aromatic nitrogens is 2. The number of aliphatic hydroxyl groups is 1. The number of aromatic amines is 1. The lowest BCUT2D eigenvalue weighted by atomic mass is 10.4. The van der Waals surface area contributed by atoms with Crippen molar-refractivity contribution in [3.8, 4) is 11.8 Å². The van der Waals surface area contributed by atoms with Gasteiger partial charge in [-0.25, -0.2) is 0 Å². The van der Waals surface area contributed by atoms with Gasteiger partial charge in [0.1, 0.15) is 6.61 Å². The van der Waals surface area contributed by atoms with Crippen molar-refractivity contribution in [2.24, 2.45) is 0 Å². The van der Waals surface area contributed by atoms with Crippen LogP contribution in [0.1, 0.15) is 14.5 Å². The number of hydrogen-bond donors (Lipinski definition) is 3. The Hall–Kier alpha value is -2.10. The molecule has 3 N–H and O–H groups in total. The normalized spacial score (nSPS) is 9.47. The molecule has 0 atom stereocenters. The first-order chi connectivity index (χ1) is 8.29. The Balaban J connectivity index is 2.07. The number of hydrogen-bond acceptors (Lipinski definition) is 4. The first kappa shape index (κ1) is 11.4. The number of amides is 1. The molecule has 1 amide bonds. The molecule has 17 heavy (non-hydrogen) atoms. The van der Waals surface area contributed by atoms with Gasteiger partial charge in [0.05, 0.1) is 21.6 Å². The fourth-order valence-corrected chi connectivity index (χ4v) is 1.94. The Bertz CT molecular complexity index is 563. The summed E-state index contributed by atoms with van der Waals surface area (Å²) >= 11 is 1.28. The van der Waals surface area contributed by atoms with Crippen molar-refractivity contribution in [3.63, 3.8) is 0 Å². The molecule has 0 saturated carbocycles. The molecule has 2 heterocycles. The minimum atomic E-state index is -0.201. The molecule has 0 bridgehead atoms. The second-order valence-electron chi connectivity index (χ2n) is 3.06. The molecule has 2 aromatic heterocycles. The molecule has 0 fully saturated rings. The van der Waals surface area contributed by atoms with E-state index in [1.54, 1.807) is 18.3 Å². The monoisotopic (exact) mass is 247 g/mol. The molecular weight excluding hydrogens is 238 g/mol. The van der Waals surface area contributed by atoms with E-state index in [2.05, 4.69) is 27.4 Å². The van der Waals surface area contributed by atoms with Gasteiger partial charge in [0, 0.05) is 6.20 Å². The number of nitrogens with zero attached hydrogens (tertiary/aromatic N) is 1. The zero-order valence-electron chi connectivity index (χ0n) is 8.73. The quantitative estimate of drug-likeness (QED) is 0.694. The van der Waals surface area contributed by atoms with Crippen molar-refractivity contribution in [1.82, 2.24) is 10.2 Å². The Morgan fingerprint density at radius 1 is 1.59 bits per heavy atom. The zero-order valence-corrected chi connectivity index (χ0v) is 9.54. The Morgan fingerprint density at radius 3 is 3.18 bits per heavy atom. The van der Waals surface area contributed by atoms with Crippen LogP contribution < -0.4 is 5.32 Å². The Morgan fingerprint density at radius 2 is 2.47 bits per heavy atom. The fraction of sp³-hybridized carbons (Fsp3) is 0.0909. The van der Waals surface area contributed by atoms with Crippen molar-refractivity contribution in [3.05, 3.63) is 34.3 Å². The number of H-pyrrole nitrogens is 1. The number of aliphatic hydroxyl groups excluding tert-OH is 1. The zero-order chi connectivity index (χ0) is 12.1. The van der Waals surface area contributed by atoms with E-state index in [9.17, 15) is 4.79 Å². The van der Waals surface area contributed by atoms with Crippen LogP contribution >= 0.6 is 11.3 Å². The molecule has 2 aromatic rings. The molecule has 0 spiro atoms. The lowest BCUT2D eigenvalue weighted by molar-refractivity contribution is 0.103. The number of anilines is 1. The molecule has 2 rings (SSSR count). The van der Waals surface area contributed by atoms with Crippen molar-refractivity contribution in [1.29, 1.82) is 0 Å². The third-order valence-electron chi connectivity index (χ3n) is 1.88. The van der Waals surface area contributed by atoms with Crippen LogP contribution in [-0.4, -0.2) is 27.8 Å². The highest BCUT2D eigenvalue weighted by atomic mass is 32.1. The Kier molecular flexibility index (Phi) is 3.55. The van der Waals surface area contributed by atoms with Gasteiger partial charge in [0.2, 0.25) is 0 Å². The van der Waals surface area contributed by atoms with Gasteiger partial charge in [0.25, 0.3) is 5.91 Å². The van der Waals surface area contributed by atoms with Crippen LogP contribution in [0.3, 0.4) is 0 Å². The molecule has 0 saturated heterocycles. The van der Waals surface area contributed by atoms with E-state index in [4.69, 9.17) is 5.11 Å². The number of nitrogens with one attached hydrogen (secondary N) is 2. The summed E-state index contributed by atoms with van der Waals surface area (Å²) in [4.78, 5) is 13.1. The summed E-state index contributed by atoms with van der Waals surface area (Å²) < 4.78 is 0. The van der Waals surface area contributed by atoms with E-state index in [1.165, 1.54) is 17.5 Å². The van der Waals surface area contributed by atoms with Gasteiger partial charge < -0.3 is 10.4 Å². The van der Waals surface area contributed by atoms with Crippen molar-refractivity contribution in [2.45, 2.75) is 0 Å². The SMILES string of the molecule is O=C(Nc1cn[nH]c1)c1ccc(C#CCO)s1. The predicted molar refractivity (Wildman–Crippen MR) is 64.8 cm³/mol. The van der Waals surface area contributed by atoms with E-state index in [0.717, 1.165) is 4.88 Å². The van der Waals surface area contributed by atoms with Gasteiger partial charge in [0.15, 0.2) is 0 Å². The largest absolute Gasteiger partial charge is 0.384 e. The third kappa shape index (κ3) is 2.93. The maximum absolute atomic E-state index is 11.8. The average molecular weight is 247 g/mol. The van der Waals surface area contributed by atoms with E-state index >= 15 is 0 Å². The molecule has 0 aliphatic rings. The highest BCUT2D eigenvalue weighted by molar-refractivity contribution is 7.14. The standard InChI is InChI=1S/C11H9N3O2S/c15-5-1-2-9-3-4-10(17-9)11(16)14-8-6-12-13-7-8/h3-4,6-7,15H,5H2,(H,12,13)(H,14,16). The van der Waals surface area contributed by atoms with Gasteiger partial charge in [-0.3, -0.25) is 9.89 Å². The second-order valence-corrected chi connectivity index (χ2v) is 4.15. The van der Waals surface area contributed by atoms with Crippen molar-refractivity contribution < 1.29 is 9.90 Å². The number of carbonyl (C=O) groups is 1. The smallest absolute Gasteiger partial charge is 0.265 e. The molecule has 86 valence electrons. The summed E-state index contributed by atoms with van der Waals surface area (Å²) in [6.45, 7) is -0.186. The number of rotatable bonds is 2. The summed E-state index contributed by atoms with van der Waals surface area (Å²) in [6, 6.07) is 3.44. The Labute approximate surface area is 101 Å². The molecular formula is C11H9N3O2S. The van der Waals surface area contributed by atoms with Crippen LogP contribution in [0.15, 0.2) is 24.5 Å². The molecule has 0 unspecified atom stereocenters. The maximum Gasteiger partial charge on any atom is 0.265 e. The highest BCUT2D eigenvalue weighted by Gasteiger charge is 2.09. The van der Waals surface area contributed by atoms with Crippen LogP contribution in [0.4, 0.5) is 5.69 Å². The average Bonchev–Trinajstić information content (AvgIpc) is 2.96. The molecule has 6 heteroatoms. The molecule has 0 aliphatic heterocycles. The van der Waals surface area contributed by atoms with Crippen LogP contribution in [-0.2, 0) is 0 Å². The molecule has 0 aromatic carbocycles. The van der Waals surface area contributed by atoms with E-state index in [0.29, 0.717) is 10.6 Å². The third-order valence-corrected chi connectivity index (χ3v) is 2.88. The molecule has 0 aliphatic carbocycles. The lowest BCUT2D eigenvalue weighted by Crippen LogP contribution is -2.09. The molecule has 0 radical (unpaired) electrons. The van der Waals surface area contributed by atoms with Gasteiger partial charge in [-0.1, -0.05) is 11.8 Å². The van der Waals surface area contributed by atoms with Crippen molar-refractivity contribution in [2.75, 3.05) is 11.9 Å². The maximum atomic E-state index is 11.8. The van der Waals surface area contributed by atoms with Gasteiger partial charge in [-0.15, -0.1) is 11.3 Å². The lowest BCUT2D eigenvalue weighted by Gasteiger charge is -1.97. The minimum absolute atomic E-state index is 0.186. The summed E-state index contributed by atoms with van der Waals surface area (Å²) in [5.74, 6) is 5.08. The van der Waals surface area contributed by atoms with E-state index < -0.39 is 0 Å². The topological polar surface area (TPSA) is 78.0 Å². The first-order valence-electron chi connectivity index (χ1n) is 4.79. The predicted octanol–water partition coefficient (Wildman–Crippen LogP) is 1.07. The van der Waals surface area contributed by atoms with Crippen LogP contribution in [0.2, 0.25) is 0 Å². The van der Waals surface area contributed by atoms with Crippen molar-refractivity contribution >= 4 is 22.9 Å². The summed E-state index contributed by atoms with van der Waals surface area (Å²) in [5, 5.41) is 17.6. The summed E-state index contributed by atoms with van der Waals surface area (Å²) in [7, 11) is 0. The van der Waals surface area contributed by atoms with Gasteiger partial charge in [-0.2, -0.15) is 5.10 Å². The van der Waals surface area contributed by atoms with Crippen LogP contribution in [0.5, 0.6) is 0 Å². The molecule has 5 nitrogen and oxygen atoms in total. The number of thiophene rings is 1. The van der Waals surface area contributed by atoms with Crippen LogP contribution in [0, 0.1) is 11.8 Å². The first-order valence-corrected chi connectivity index (χ1v) is 5.61. The van der Waals surface area contributed by atoms with Gasteiger partial charge >= 0.3 is 0 Å². The summed E-state index contributed by atoms with van der Waals surface area (Å²) in [5.41, 5.74) is 0.617. The highest BCUT2D eigenvalue weighted by Crippen LogP contribution is 2.16. The number of carbonyl (C=O) groups excluding carboxylic acids is 1. The minimum Gasteiger partial charge on any atom is -0.384 e. The fourth-order valence-electron chi connectivity index (χ4n) is 1.17. The summed E-state index contributed by atoms with van der Waals surface area (Å²) in [6.07, 6.45) is 3.12. The van der Waals surface area contributed by atoms with Gasteiger partial charge in [-0.05, 0) is 12.1 Å². The second kappa shape index (κ2) is 5.30. The van der Waals surface area contributed by atoms with E-state index in [-0.39, 0.29) is 12.5 Å². The van der Waals surface area contributed by atoms with Crippen LogP contribution in [0.25, 0.3) is 0 Å².